The summed E-state index contributed by atoms with van der Waals surface area (Å²) in [6.07, 6.45) is 1.75. The minimum Gasteiger partial charge on any atom is -0.306 e. The SMILES string of the molecule is O=c1[nH]c2c(nc3ccc(Cl)cn32)c2ccccc12. The van der Waals surface area contributed by atoms with Gasteiger partial charge in [0, 0.05) is 17.0 Å². The number of imidazole rings is 1. The van der Waals surface area contributed by atoms with Crippen molar-refractivity contribution in [1.29, 1.82) is 0 Å². The summed E-state index contributed by atoms with van der Waals surface area (Å²) >= 11 is 5.99. The predicted molar refractivity (Wildman–Crippen MR) is 75.8 cm³/mol. The number of H-pyrrole nitrogens is 1. The lowest BCUT2D eigenvalue weighted by atomic mass is 10.1. The third-order valence-corrected chi connectivity index (χ3v) is 3.46. The van der Waals surface area contributed by atoms with E-state index in [1.807, 2.05) is 24.3 Å². The summed E-state index contributed by atoms with van der Waals surface area (Å²) in [4.78, 5) is 19.5. The smallest absolute Gasteiger partial charge is 0.257 e. The molecule has 0 aliphatic heterocycles. The van der Waals surface area contributed by atoms with Crippen LogP contribution < -0.4 is 5.56 Å². The maximum atomic E-state index is 12.1. The first-order valence-corrected chi connectivity index (χ1v) is 6.20. The molecule has 0 aliphatic rings. The molecule has 4 nitrogen and oxygen atoms in total. The summed E-state index contributed by atoms with van der Waals surface area (Å²) in [5, 5.41) is 2.09. The lowest BCUT2D eigenvalue weighted by Crippen LogP contribution is -2.06. The van der Waals surface area contributed by atoms with Gasteiger partial charge in [-0.15, -0.1) is 0 Å². The van der Waals surface area contributed by atoms with Gasteiger partial charge in [-0.05, 0) is 18.2 Å². The average molecular weight is 270 g/mol. The van der Waals surface area contributed by atoms with Crippen molar-refractivity contribution in [2.45, 2.75) is 0 Å². The Bertz CT molecular complexity index is 1000. The fraction of sp³-hybridized carbons (Fsp3) is 0. The van der Waals surface area contributed by atoms with Gasteiger partial charge in [0.05, 0.1) is 5.02 Å². The first-order chi connectivity index (χ1) is 9.24. The predicted octanol–water partition coefficient (Wildman–Crippen LogP) is 2.98. The lowest BCUT2D eigenvalue weighted by molar-refractivity contribution is 1.17. The number of rotatable bonds is 0. The quantitative estimate of drug-likeness (QED) is 0.533. The van der Waals surface area contributed by atoms with E-state index in [0.717, 1.165) is 16.6 Å². The van der Waals surface area contributed by atoms with Crippen molar-refractivity contribution in [1.82, 2.24) is 14.4 Å². The number of aromatic amines is 1. The van der Waals surface area contributed by atoms with Crippen molar-refractivity contribution in [2.75, 3.05) is 0 Å². The van der Waals surface area contributed by atoms with E-state index in [-0.39, 0.29) is 5.56 Å². The fourth-order valence-corrected chi connectivity index (χ4v) is 2.55. The summed E-state index contributed by atoms with van der Waals surface area (Å²) in [6.45, 7) is 0. The summed E-state index contributed by atoms with van der Waals surface area (Å²) < 4.78 is 1.80. The van der Waals surface area contributed by atoms with Crippen LogP contribution in [0.15, 0.2) is 47.4 Å². The van der Waals surface area contributed by atoms with Gasteiger partial charge in [0.2, 0.25) is 0 Å². The Hall–Kier alpha value is -2.33. The normalized spacial score (nSPS) is 11.6. The number of hydrogen-bond donors (Lipinski definition) is 1. The van der Waals surface area contributed by atoms with E-state index in [4.69, 9.17) is 11.6 Å². The molecule has 0 atom stereocenters. The molecular formula is C14H8ClN3O. The van der Waals surface area contributed by atoms with E-state index < -0.39 is 0 Å². The number of nitrogens with zero attached hydrogens (tertiary/aromatic N) is 2. The van der Waals surface area contributed by atoms with Crippen LogP contribution >= 0.6 is 11.6 Å². The molecule has 0 aliphatic carbocycles. The molecule has 5 heteroatoms. The van der Waals surface area contributed by atoms with Crippen LogP contribution in [0.4, 0.5) is 0 Å². The molecule has 0 saturated heterocycles. The van der Waals surface area contributed by atoms with Crippen molar-refractivity contribution < 1.29 is 0 Å². The second-order valence-corrected chi connectivity index (χ2v) is 4.82. The summed E-state index contributed by atoms with van der Waals surface area (Å²) in [6, 6.07) is 11.1. The number of fused-ring (bicyclic) bond motifs is 5. The van der Waals surface area contributed by atoms with Crippen molar-refractivity contribution in [3.05, 3.63) is 58.0 Å². The number of halogens is 1. The van der Waals surface area contributed by atoms with E-state index >= 15 is 0 Å². The zero-order valence-corrected chi connectivity index (χ0v) is 10.5. The first kappa shape index (κ1) is 10.6. The van der Waals surface area contributed by atoms with Crippen LogP contribution in [0.2, 0.25) is 5.02 Å². The number of hydrogen-bond acceptors (Lipinski definition) is 2. The minimum atomic E-state index is -0.120. The van der Waals surface area contributed by atoms with E-state index in [0.29, 0.717) is 16.1 Å². The van der Waals surface area contributed by atoms with Crippen molar-refractivity contribution in [3.63, 3.8) is 0 Å². The summed E-state index contributed by atoms with van der Waals surface area (Å²) in [5.74, 6) is 0. The molecule has 4 rings (SSSR count). The molecule has 0 radical (unpaired) electrons. The summed E-state index contributed by atoms with van der Waals surface area (Å²) in [7, 11) is 0. The van der Waals surface area contributed by atoms with Gasteiger partial charge in [-0.2, -0.15) is 0 Å². The Kier molecular flexibility index (Phi) is 2.00. The molecule has 0 unspecified atom stereocenters. The Morgan fingerprint density at radius 1 is 1.11 bits per heavy atom. The molecule has 1 aromatic carbocycles. The van der Waals surface area contributed by atoms with Gasteiger partial charge < -0.3 is 4.98 Å². The number of benzene rings is 1. The van der Waals surface area contributed by atoms with E-state index in [1.165, 1.54) is 0 Å². The second-order valence-electron chi connectivity index (χ2n) is 4.38. The number of aromatic nitrogens is 3. The largest absolute Gasteiger partial charge is 0.306 e. The maximum absolute atomic E-state index is 12.1. The van der Waals surface area contributed by atoms with E-state index in [2.05, 4.69) is 9.97 Å². The molecule has 19 heavy (non-hydrogen) atoms. The van der Waals surface area contributed by atoms with Gasteiger partial charge >= 0.3 is 0 Å². The van der Waals surface area contributed by atoms with Crippen LogP contribution in [0.3, 0.4) is 0 Å². The van der Waals surface area contributed by atoms with Crippen LogP contribution in [-0.2, 0) is 0 Å². The molecule has 0 spiro atoms. The minimum absolute atomic E-state index is 0.120. The van der Waals surface area contributed by atoms with Crippen LogP contribution in [-0.4, -0.2) is 14.4 Å². The molecule has 3 aromatic heterocycles. The van der Waals surface area contributed by atoms with Crippen molar-refractivity contribution in [2.24, 2.45) is 0 Å². The van der Waals surface area contributed by atoms with Gasteiger partial charge in [0.25, 0.3) is 5.56 Å². The third kappa shape index (κ3) is 1.40. The van der Waals surface area contributed by atoms with Gasteiger partial charge in [-0.3, -0.25) is 9.20 Å². The Morgan fingerprint density at radius 2 is 1.89 bits per heavy atom. The fourth-order valence-electron chi connectivity index (χ4n) is 2.39. The molecule has 3 heterocycles. The Labute approximate surface area is 112 Å². The molecule has 0 bridgehead atoms. The Morgan fingerprint density at radius 3 is 2.74 bits per heavy atom. The monoisotopic (exact) mass is 269 g/mol. The second kappa shape index (κ2) is 3.59. The highest BCUT2D eigenvalue weighted by Gasteiger charge is 2.10. The van der Waals surface area contributed by atoms with Gasteiger partial charge in [-0.25, -0.2) is 4.98 Å². The van der Waals surface area contributed by atoms with Crippen molar-refractivity contribution in [3.8, 4) is 0 Å². The standard InChI is InChI=1S/C14H8ClN3O/c15-8-5-6-11-16-12-9-3-1-2-4-10(9)14(19)17-13(12)18(11)7-8/h1-7H,(H,17,19). The zero-order valence-electron chi connectivity index (χ0n) is 9.72. The maximum Gasteiger partial charge on any atom is 0.257 e. The van der Waals surface area contributed by atoms with E-state index in [1.54, 1.807) is 22.7 Å². The number of pyridine rings is 2. The summed E-state index contributed by atoms with van der Waals surface area (Å²) in [5.41, 5.74) is 2.08. The highest BCUT2D eigenvalue weighted by Crippen LogP contribution is 2.22. The average Bonchev–Trinajstić information content (AvgIpc) is 2.78. The van der Waals surface area contributed by atoms with E-state index in [9.17, 15) is 4.79 Å². The molecular weight excluding hydrogens is 262 g/mol. The lowest BCUT2D eigenvalue weighted by Gasteiger charge is -1.98. The molecule has 0 saturated carbocycles. The molecule has 1 N–H and O–H groups in total. The highest BCUT2D eigenvalue weighted by atomic mass is 35.5. The van der Waals surface area contributed by atoms with Gasteiger partial charge in [0.1, 0.15) is 16.8 Å². The molecule has 0 fully saturated rings. The zero-order chi connectivity index (χ0) is 13.0. The van der Waals surface area contributed by atoms with Crippen LogP contribution in [0.25, 0.3) is 27.6 Å². The first-order valence-electron chi connectivity index (χ1n) is 5.82. The molecule has 4 aromatic rings. The van der Waals surface area contributed by atoms with Crippen molar-refractivity contribution >= 4 is 39.2 Å². The molecule has 92 valence electrons. The molecule has 0 amide bonds. The third-order valence-electron chi connectivity index (χ3n) is 3.24. The highest BCUT2D eigenvalue weighted by molar-refractivity contribution is 6.30. The topological polar surface area (TPSA) is 50.2 Å². The van der Waals surface area contributed by atoms with Gasteiger partial charge in [-0.1, -0.05) is 29.8 Å². The van der Waals surface area contributed by atoms with Gasteiger partial charge in [0.15, 0.2) is 0 Å². The Balaban J connectivity index is 2.36. The number of nitrogens with one attached hydrogen (secondary N) is 1. The van der Waals surface area contributed by atoms with Crippen LogP contribution in [0.5, 0.6) is 0 Å². The van der Waals surface area contributed by atoms with Crippen LogP contribution in [0, 0.1) is 0 Å². The van der Waals surface area contributed by atoms with Crippen LogP contribution in [0.1, 0.15) is 0 Å².